The van der Waals surface area contributed by atoms with Crippen LogP contribution >= 0.6 is 24.0 Å². The van der Waals surface area contributed by atoms with Gasteiger partial charge in [-0.05, 0) is 57.8 Å². The van der Waals surface area contributed by atoms with Gasteiger partial charge in [0.25, 0.3) is 0 Å². The minimum atomic E-state index is 0. The second-order valence-corrected chi connectivity index (χ2v) is 7.84. The lowest BCUT2D eigenvalue weighted by molar-refractivity contribution is -0.168. The van der Waals surface area contributed by atoms with Crippen LogP contribution in [0.3, 0.4) is 0 Å². The first-order chi connectivity index (χ1) is 12.1. The molecule has 2 atom stereocenters. The molecule has 2 unspecified atom stereocenters. The number of guanidine groups is 1. The Morgan fingerprint density at radius 2 is 1.92 bits per heavy atom. The SMILES string of the molecule is CCNC(=NCC(CC)(CC)CCO)NC1CC(OCC)C12CCC2.I. The van der Waals surface area contributed by atoms with E-state index in [2.05, 4.69) is 38.3 Å². The van der Waals surface area contributed by atoms with E-state index in [0.717, 1.165) is 51.3 Å². The van der Waals surface area contributed by atoms with E-state index < -0.39 is 0 Å². The van der Waals surface area contributed by atoms with Crippen molar-refractivity contribution in [3.8, 4) is 0 Å². The van der Waals surface area contributed by atoms with E-state index in [1.165, 1.54) is 19.3 Å². The first-order valence-electron chi connectivity index (χ1n) is 10.4. The summed E-state index contributed by atoms with van der Waals surface area (Å²) in [5.74, 6) is 0.929. The van der Waals surface area contributed by atoms with Crippen LogP contribution in [0.2, 0.25) is 0 Å². The second-order valence-electron chi connectivity index (χ2n) is 7.84. The Labute approximate surface area is 177 Å². The van der Waals surface area contributed by atoms with E-state index in [-0.39, 0.29) is 36.0 Å². The van der Waals surface area contributed by atoms with Gasteiger partial charge in [-0.2, -0.15) is 0 Å². The number of rotatable bonds is 10. The standard InChI is InChI=1S/C20H39N3O2.HI/c1-5-19(6-2,12-13-24)15-22-18(21-7-3)23-16-14-17(25-8-4)20(16)10-9-11-20;/h16-17,24H,5-15H2,1-4H3,(H2,21,22,23);1H. The molecule has 0 amide bonds. The van der Waals surface area contributed by atoms with Crippen LogP contribution in [0.25, 0.3) is 0 Å². The summed E-state index contributed by atoms with van der Waals surface area (Å²) in [5, 5.41) is 16.5. The van der Waals surface area contributed by atoms with Crippen molar-refractivity contribution in [3.05, 3.63) is 0 Å². The summed E-state index contributed by atoms with van der Waals surface area (Å²) in [5.41, 5.74) is 0.447. The molecular weight excluding hydrogens is 441 g/mol. The highest BCUT2D eigenvalue weighted by molar-refractivity contribution is 14.0. The number of aliphatic imine (C=N–C) groups is 1. The smallest absolute Gasteiger partial charge is 0.191 e. The van der Waals surface area contributed by atoms with E-state index in [9.17, 15) is 5.11 Å². The Balaban J connectivity index is 0.00000338. The molecular formula is C20H40IN3O2. The third-order valence-electron chi connectivity index (χ3n) is 6.81. The van der Waals surface area contributed by atoms with Gasteiger partial charge in [-0.15, -0.1) is 24.0 Å². The van der Waals surface area contributed by atoms with Gasteiger partial charge < -0.3 is 20.5 Å². The maximum atomic E-state index is 9.42. The van der Waals surface area contributed by atoms with Gasteiger partial charge in [0.2, 0.25) is 0 Å². The van der Waals surface area contributed by atoms with Crippen LogP contribution in [0.1, 0.15) is 72.6 Å². The van der Waals surface area contributed by atoms with E-state index in [4.69, 9.17) is 9.73 Å². The Bertz CT molecular complexity index is 437. The number of nitrogens with zero attached hydrogens (tertiary/aromatic N) is 1. The van der Waals surface area contributed by atoms with Crippen molar-refractivity contribution >= 4 is 29.9 Å². The Morgan fingerprint density at radius 1 is 1.23 bits per heavy atom. The molecule has 154 valence electrons. The van der Waals surface area contributed by atoms with Gasteiger partial charge in [-0.25, -0.2) is 0 Å². The number of hydrogen-bond donors (Lipinski definition) is 3. The van der Waals surface area contributed by atoms with Gasteiger partial charge in [0.1, 0.15) is 0 Å². The number of aliphatic hydroxyl groups excluding tert-OH is 1. The number of halogens is 1. The van der Waals surface area contributed by atoms with Gasteiger partial charge in [-0.3, -0.25) is 4.99 Å². The van der Waals surface area contributed by atoms with Crippen molar-refractivity contribution < 1.29 is 9.84 Å². The highest BCUT2D eigenvalue weighted by atomic mass is 127. The van der Waals surface area contributed by atoms with Crippen LogP contribution in [0, 0.1) is 10.8 Å². The summed E-state index contributed by atoms with van der Waals surface area (Å²) >= 11 is 0. The first-order valence-corrected chi connectivity index (χ1v) is 10.4. The highest BCUT2D eigenvalue weighted by Crippen LogP contribution is 2.57. The van der Waals surface area contributed by atoms with Crippen molar-refractivity contribution in [2.75, 3.05) is 26.3 Å². The van der Waals surface area contributed by atoms with Crippen LogP contribution in [0.5, 0.6) is 0 Å². The van der Waals surface area contributed by atoms with Crippen LogP contribution in [-0.4, -0.2) is 49.5 Å². The fourth-order valence-corrected chi connectivity index (χ4v) is 4.52. The maximum Gasteiger partial charge on any atom is 0.191 e. The van der Waals surface area contributed by atoms with E-state index in [1.54, 1.807) is 0 Å². The van der Waals surface area contributed by atoms with Crippen molar-refractivity contribution in [1.82, 2.24) is 10.6 Å². The van der Waals surface area contributed by atoms with Gasteiger partial charge in [0, 0.05) is 37.8 Å². The van der Waals surface area contributed by atoms with Gasteiger partial charge in [0.15, 0.2) is 5.96 Å². The summed E-state index contributed by atoms with van der Waals surface area (Å²) < 4.78 is 5.96. The van der Waals surface area contributed by atoms with Gasteiger partial charge >= 0.3 is 0 Å². The Hall–Kier alpha value is -0.0800. The molecule has 2 aliphatic rings. The first kappa shape index (κ1) is 24.0. The van der Waals surface area contributed by atoms with Crippen LogP contribution in [-0.2, 0) is 4.74 Å². The molecule has 2 fully saturated rings. The monoisotopic (exact) mass is 481 g/mol. The zero-order valence-electron chi connectivity index (χ0n) is 17.1. The number of ether oxygens (including phenoxy) is 1. The third kappa shape index (κ3) is 5.04. The molecule has 3 N–H and O–H groups in total. The molecule has 26 heavy (non-hydrogen) atoms. The lowest BCUT2D eigenvalue weighted by Crippen LogP contribution is -2.68. The lowest BCUT2D eigenvalue weighted by Gasteiger charge is -2.61. The summed E-state index contributed by atoms with van der Waals surface area (Å²) in [6.45, 7) is 11.3. The fourth-order valence-electron chi connectivity index (χ4n) is 4.52. The Kier molecular flexibility index (Phi) is 10.2. The average Bonchev–Trinajstić information content (AvgIpc) is 2.56. The quantitative estimate of drug-likeness (QED) is 0.253. The maximum absolute atomic E-state index is 9.42. The predicted molar refractivity (Wildman–Crippen MR) is 119 cm³/mol. The zero-order valence-corrected chi connectivity index (χ0v) is 19.5. The summed E-state index contributed by atoms with van der Waals surface area (Å²) in [6.07, 6.45) is 8.29. The molecule has 0 aromatic carbocycles. The molecule has 0 heterocycles. The highest BCUT2D eigenvalue weighted by Gasteiger charge is 2.59. The topological polar surface area (TPSA) is 65.9 Å². The molecule has 0 aliphatic heterocycles. The van der Waals surface area contributed by atoms with Crippen LogP contribution in [0.15, 0.2) is 4.99 Å². The van der Waals surface area contributed by atoms with Crippen molar-refractivity contribution in [3.63, 3.8) is 0 Å². The molecule has 5 nitrogen and oxygen atoms in total. The lowest BCUT2D eigenvalue weighted by atomic mass is 9.51. The van der Waals surface area contributed by atoms with E-state index >= 15 is 0 Å². The number of nitrogens with one attached hydrogen (secondary N) is 2. The van der Waals surface area contributed by atoms with E-state index in [0.29, 0.717) is 17.6 Å². The minimum absolute atomic E-state index is 0. The predicted octanol–water partition coefficient (Wildman–Crippen LogP) is 3.70. The Morgan fingerprint density at radius 3 is 2.38 bits per heavy atom. The molecule has 0 saturated heterocycles. The number of hydrogen-bond acceptors (Lipinski definition) is 3. The average molecular weight is 481 g/mol. The molecule has 0 aromatic heterocycles. The van der Waals surface area contributed by atoms with Crippen LogP contribution < -0.4 is 10.6 Å². The molecule has 0 aromatic rings. The van der Waals surface area contributed by atoms with Gasteiger partial charge in [0.05, 0.1) is 6.10 Å². The summed E-state index contributed by atoms with van der Waals surface area (Å²) in [6, 6.07) is 0.478. The molecule has 2 saturated carbocycles. The normalized spacial score (nSPS) is 24.4. The number of aliphatic hydroxyl groups is 1. The van der Waals surface area contributed by atoms with Crippen molar-refractivity contribution in [2.45, 2.75) is 84.8 Å². The van der Waals surface area contributed by atoms with Crippen LogP contribution in [0.4, 0.5) is 0 Å². The molecule has 0 radical (unpaired) electrons. The summed E-state index contributed by atoms with van der Waals surface area (Å²) in [7, 11) is 0. The molecule has 6 heteroatoms. The minimum Gasteiger partial charge on any atom is -0.396 e. The second kappa shape index (κ2) is 11.1. The molecule has 2 rings (SSSR count). The molecule has 1 spiro atoms. The third-order valence-corrected chi connectivity index (χ3v) is 6.81. The zero-order chi connectivity index (χ0) is 18.3. The molecule has 2 aliphatic carbocycles. The fraction of sp³-hybridized carbons (Fsp3) is 0.950. The largest absolute Gasteiger partial charge is 0.396 e. The molecule has 0 bridgehead atoms. The summed E-state index contributed by atoms with van der Waals surface area (Å²) in [4.78, 5) is 4.91. The van der Waals surface area contributed by atoms with E-state index in [1.807, 2.05) is 0 Å². The van der Waals surface area contributed by atoms with Crippen molar-refractivity contribution in [1.29, 1.82) is 0 Å². The van der Waals surface area contributed by atoms with Crippen molar-refractivity contribution in [2.24, 2.45) is 15.8 Å². The van der Waals surface area contributed by atoms with Gasteiger partial charge in [-0.1, -0.05) is 20.3 Å².